The highest BCUT2D eigenvalue weighted by atomic mass is 16.2. The van der Waals surface area contributed by atoms with Crippen LogP contribution in [0, 0.1) is 0 Å². The fourth-order valence-corrected chi connectivity index (χ4v) is 1.00. The minimum absolute atomic E-state index is 0.0141. The van der Waals surface area contributed by atoms with Gasteiger partial charge in [0.2, 0.25) is 0 Å². The van der Waals surface area contributed by atoms with E-state index < -0.39 is 0 Å². The molecule has 2 heterocycles. The van der Waals surface area contributed by atoms with Crippen molar-refractivity contribution in [1.29, 1.82) is 0 Å². The summed E-state index contributed by atoms with van der Waals surface area (Å²) in [5.41, 5.74) is 2.60. The lowest BCUT2D eigenvalue weighted by Crippen LogP contribution is -2.52. The van der Waals surface area contributed by atoms with E-state index in [-0.39, 0.29) is 18.2 Å². The third kappa shape index (κ3) is 1.35. The Hall–Kier alpha value is -1.91. The second-order valence-electron chi connectivity index (χ2n) is 2.63. The van der Waals surface area contributed by atoms with E-state index in [4.69, 9.17) is 0 Å². The molecule has 1 aromatic heterocycles. The van der Waals surface area contributed by atoms with Crippen LogP contribution in [0.5, 0.6) is 0 Å². The van der Waals surface area contributed by atoms with Crippen LogP contribution >= 0.6 is 0 Å². The maximum atomic E-state index is 10.9. The van der Waals surface area contributed by atoms with Crippen molar-refractivity contribution in [3.05, 3.63) is 24.4 Å². The van der Waals surface area contributed by atoms with Gasteiger partial charge < -0.3 is 0 Å². The van der Waals surface area contributed by atoms with Crippen molar-refractivity contribution in [2.45, 2.75) is 6.42 Å². The van der Waals surface area contributed by atoms with E-state index >= 15 is 0 Å². The molecular formula is C8H7N3O2. The van der Waals surface area contributed by atoms with Crippen LogP contribution in [-0.4, -0.2) is 21.8 Å². The number of hydrogen-bond donors (Lipinski definition) is 1. The molecule has 0 aliphatic carbocycles. The summed E-state index contributed by atoms with van der Waals surface area (Å²) in [4.78, 5) is 25.6. The van der Waals surface area contributed by atoms with Crippen molar-refractivity contribution in [3.63, 3.8) is 0 Å². The second kappa shape index (κ2) is 2.85. The Balaban J connectivity index is 2.07. The molecule has 0 spiro atoms. The Kier molecular flexibility index (Phi) is 1.70. The molecule has 1 fully saturated rings. The van der Waals surface area contributed by atoms with E-state index in [1.807, 2.05) is 0 Å². The number of nitrogens with zero attached hydrogens (tertiary/aromatic N) is 2. The van der Waals surface area contributed by atoms with Gasteiger partial charge in [-0.25, -0.2) is 4.98 Å². The lowest BCUT2D eigenvalue weighted by atomic mass is 10.2. The molecule has 1 aliphatic heterocycles. The van der Waals surface area contributed by atoms with Crippen LogP contribution in [0.4, 0.5) is 5.82 Å². The van der Waals surface area contributed by atoms with E-state index in [2.05, 4.69) is 10.4 Å². The molecule has 1 N–H and O–H groups in total. The van der Waals surface area contributed by atoms with Gasteiger partial charge in [-0.15, -0.1) is 0 Å². The number of carbonyl (C=O) groups excluding carboxylic acids is 2. The third-order valence-electron chi connectivity index (χ3n) is 1.69. The number of nitrogens with one attached hydrogen (secondary N) is 1. The number of β-lactam (4-membered cyclic amide) rings is 2. The number of aromatic nitrogens is 1. The highest BCUT2D eigenvalue weighted by Crippen LogP contribution is 2.12. The van der Waals surface area contributed by atoms with E-state index in [0.29, 0.717) is 5.82 Å². The standard InChI is InChI=1S/C8H7N3O2/c12-7-5-8(13)11(7)10-6-3-1-2-4-9-6/h1-4H,5H2,(H,9,10). The quantitative estimate of drug-likeness (QED) is 0.516. The lowest BCUT2D eigenvalue weighted by molar-refractivity contribution is -0.155. The first-order valence-electron chi connectivity index (χ1n) is 3.81. The van der Waals surface area contributed by atoms with Gasteiger partial charge in [0, 0.05) is 6.20 Å². The monoisotopic (exact) mass is 177 g/mol. The summed E-state index contributed by atoms with van der Waals surface area (Å²) in [5.74, 6) is 0.0372. The molecule has 5 heteroatoms. The predicted octanol–water partition coefficient (Wildman–Crippen LogP) is 0.167. The van der Waals surface area contributed by atoms with Gasteiger partial charge in [0.25, 0.3) is 11.8 Å². The maximum Gasteiger partial charge on any atom is 0.257 e. The maximum absolute atomic E-state index is 10.9. The van der Waals surface area contributed by atoms with Crippen LogP contribution in [0.15, 0.2) is 24.4 Å². The molecule has 5 nitrogen and oxygen atoms in total. The molecule has 0 unspecified atom stereocenters. The van der Waals surface area contributed by atoms with Gasteiger partial charge in [-0.1, -0.05) is 6.07 Å². The van der Waals surface area contributed by atoms with E-state index in [1.54, 1.807) is 24.4 Å². The molecular weight excluding hydrogens is 170 g/mol. The molecule has 66 valence electrons. The van der Waals surface area contributed by atoms with Gasteiger partial charge in [0.05, 0.1) is 0 Å². The normalized spacial score (nSPS) is 15.5. The Bertz CT molecular complexity index is 336. The number of amides is 2. The summed E-state index contributed by atoms with van der Waals surface area (Å²) in [5, 5.41) is 0.961. The highest BCUT2D eigenvalue weighted by molar-refractivity contribution is 6.15. The first kappa shape index (κ1) is 7.72. The molecule has 0 bridgehead atoms. The molecule has 0 saturated carbocycles. The largest absolute Gasteiger partial charge is 0.272 e. The number of pyridine rings is 1. The van der Waals surface area contributed by atoms with Gasteiger partial charge in [0.15, 0.2) is 0 Å². The van der Waals surface area contributed by atoms with Gasteiger partial charge in [-0.3, -0.25) is 15.0 Å². The molecule has 1 saturated heterocycles. The summed E-state index contributed by atoms with van der Waals surface area (Å²) in [6, 6.07) is 5.20. The third-order valence-corrected chi connectivity index (χ3v) is 1.69. The highest BCUT2D eigenvalue weighted by Gasteiger charge is 2.34. The number of rotatable bonds is 2. The molecule has 0 atom stereocenters. The molecule has 2 rings (SSSR count). The van der Waals surface area contributed by atoms with Crippen LogP contribution in [0.3, 0.4) is 0 Å². The summed E-state index contributed by atoms with van der Waals surface area (Å²) in [6.07, 6.45) is 1.57. The fourth-order valence-electron chi connectivity index (χ4n) is 1.00. The average molecular weight is 177 g/mol. The van der Waals surface area contributed by atoms with Gasteiger partial charge in [-0.2, -0.15) is 5.01 Å². The SMILES string of the molecule is O=C1CC(=O)N1Nc1ccccn1. The van der Waals surface area contributed by atoms with Crippen LogP contribution in [0.2, 0.25) is 0 Å². The van der Waals surface area contributed by atoms with Crippen molar-refractivity contribution < 1.29 is 9.59 Å². The zero-order chi connectivity index (χ0) is 9.26. The van der Waals surface area contributed by atoms with Crippen LogP contribution in [0.1, 0.15) is 6.42 Å². The van der Waals surface area contributed by atoms with Crippen LogP contribution in [-0.2, 0) is 9.59 Å². The number of hydrogen-bond acceptors (Lipinski definition) is 4. The van der Waals surface area contributed by atoms with Crippen molar-refractivity contribution in [2.75, 3.05) is 5.43 Å². The Labute approximate surface area is 74.3 Å². The van der Waals surface area contributed by atoms with Gasteiger partial charge in [0.1, 0.15) is 12.2 Å². The number of anilines is 1. The molecule has 13 heavy (non-hydrogen) atoms. The summed E-state index contributed by atoms with van der Waals surface area (Å²) in [7, 11) is 0. The van der Waals surface area contributed by atoms with Gasteiger partial charge in [-0.05, 0) is 12.1 Å². The van der Waals surface area contributed by atoms with Crippen LogP contribution in [0.25, 0.3) is 0 Å². The average Bonchev–Trinajstić information content (AvgIpc) is 2.16. The lowest BCUT2D eigenvalue weighted by Gasteiger charge is -2.28. The summed E-state index contributed by atoms with van der Waals surface area (Å²) in [6.45, 7) is 0. The zero-order valence-corrected chi connectivity index (χ0v) is 6.73. The second-order valence-corrected chi connectivity index (χ2v) is 2.63. The molecule has 1 aromatic rings. The van der Waals surface area contributed by atoms with E-state index in [9.17, 15) is 9.59 Å². The number of imide groups is 1. The molecule has 1 aliphatic rings. The van der Waals surface area contributed by atoms with Crippen molar-refractivity contribution in [2.24, 2.45) is 0 Å². The minimum atomic E-state index is -0.226. The van der Waals surface area contributed by atoms with E-state index in [1.165, 1.54) is 0 Å². The summed E-state index contributed by atoms with van der Waals surface area (Å²) >= 11 is 0. The smallest absolute Gasteiger partial charge is 0.257 e. The minimum Gasteiger partial charge on any atom is -0.272 e. The Morgan fingerprint density at radius 3 is 2.62 bits per heavy atom. The number of hydrazine groups is 1. The Morgan fingerprint density at radius 1 is 1.31 bits per heavy atom. The number of carbonyl (C=O) groups is 2. The predicted molar refractivity (Wildman–Crippen MR) is 44.3 cm³/mol. The topological polar surface area (TPSA) is 62.3 Å². The van der Waals surface area contributed by atoms with Gasteiger partial charge >= 0.3 is 0 Å². The molecule has 0 radical (unpaired) electrons. The van der Waals surface area contributed by atoms with E-state index in [0.717, 1.165) is 5.01 Å². The Morgan fingerprint density at radius 2 is 2.08 bits per heavy atom. The van der Waals surface area contributed by atoms with Crippen LogP contribution < -0.4 is 5.43 Å². The molecule has 2 amide bonds. The van der Waals surface area contributed by atoms with Crippen molar-refractivity contribution in [1.82, 2.24) is 9.99 Å². The first-order chi connectivity index (χ1) is 6.27. The zero-order valence-electron chi connectivity index (χ0n) is 6.73. The first-order valence-corrected chi connectivity index (χ1v) is 3.81. The molecule has 0 aromatic carbocycles. The fraction of sp³-hybridized carbons (Fsp3) is 0.125. The van der Waals surface area contributed by atoms with Crippen molar-refractivity contribution in [3.8, 4) is 0 Å². The summed E-state index contributed by atoms with van der Waals surface area (Å²) < 4.78 is 0. The van der Waals surface area contributed by atoms with Crippen molar-refractivity contribution >= 4 is 17.6 Å².